The molecule has 0 bridgehead atoms. The maximum absolute atomic E-state index is 12.1. The van der Waals surface area contributed by atoms with Gasteiger partial charge in [-0.3, -0.25) is 19.7 Å². The molecule has 0 aromatic heterocycles. The average molecular weight is 423 g/mol. The molecule has 2 aromatic carbocycles. The van der Waals surface area contributed by atoms with Crippen LogP contribution in [0.4, 0.5) is 4.79 Å². The minimum absolute atomic E-state index is 0.209. The van der Waals surface area contributed by atoms with Crippen molar-refractivity contribution in [3.8, 4) is 0 Å². The second kappa shape index (κ2) is 8.78. The molecule has 1 aliphatic rings. The summed E-state index contributed by atoms with van der Waals surface area (Å²) in [6.07, 6.45) is 1.18. The van der Waals surface area contributed by atoms with Crippen LogP contribution in [-0.2, 0) is 17.6 Å². The van der Waals surface area contributed by atoms with E-state index in [0.29, 0.717) is 35.0 Å². The topological polar surface area (TPSA) is 75.3 Å². The van der Waals surface area contributed by atoms with E-state index in [4.69, 9.17) is 23.2 Å². The normalized spacial score (nSPS) is 16.3. The number of hydrogen-bond acceptors (Lipinski definition) is 4. The Morgan fingerprint density at radius 3 is 2.37 bits per heavy atom. The first-order valence-electron chi connectivity index (χ1n) is 8.25. The lowest BCUT2D eigenvalue weighted by Gasteiger charge is -2.08. The molecular formula is C19H16Cl2N2O3S. The molecule has 1 fully saturated rings. The SMILES string of the molecule is O=C1NC(=O)C(Cc2ccc(CCNC(=O)c3ccc(Cl)c(Cl)c3)cc2)S1. The van der Waals surface area contributed by atoms with Crippen molar-refractivity contribution in [2.75, 3.05) is 6.54 Å². The molecule has 27 heavy (non-hydrogen) atoms. The first kappa shape index (κ1) is 19.7. The van der Waals surface area contributed by atoms with E-state index in [9.17, 15) is 14.4 Å². The third kappa shape index (κ3) is 5.25. The van der Waals surface area contributed by atoms with Gasteiger partial charge in [0.2, 0.25) is 5.91 Å². The van der Waals surface area contributed by atoms with Gasteiger partial charge in [-0.25, -0.2) is 0 Å². The zero-order valence-corrected chi connectivity index (χ0v) is 16.5. The maximum Gasteiger partial charge on any atom is 0.286 e. The molecule has 1 atom stereocenters. The number of imide groups is 1. The number of nitrogens with one attached hydrogen (secondary N) is 2. The number of rotatable bonds is 6. The molecule has 3 rings (SSSR count). The largest absolute Gasteiger partial charge is 0.352 e. The summed E-state index contributed by atoms with van der Waals surface area (Å²) >= 11 is 12.8. The highest BCUT2D eigenvalue weighted by atomic mass is 35.5. The number of carbonyl (C=O) groups is 3. The quantitative estimate of drug-likeness (QED) is 0.740. The zero-order valence-electron chi connectivity index (χ0n) is 14.1. The molecule has 0 saturated carbocycles. The smallest absolute Gasteiger partial charge is 0.286 e. The molecule has 0 aliphatic carbocycles. The second-order valence-electron chi connectivity index (χ2n) is 6.04. The van der Waals surface area contributed by atoms with Crippen LogP contribution in [0.3, 0.4) is 0 Å². The van der Waals surface area contributed by atoms with Gasteiger partial charge in [0, 0.05) is 12.1 Å². The van der Waals surface area contributed by atoms with Gasteiger partial charge >= 0.3 is 0 Å². The average Bonchev–Trinajstić information content (AvgIpc) is 2.95. The Balaban J connectivity index is 1.48. The Kier molecular flexibility index (Phi) is 6.42. The van der Waals surface area contributed by atoms with E-state index >= 15 is 0 Å². The Morgan fingerprint density at radius 1 is 1.04 bits per heavy atom. The van der Waals surface area contributed by atoms with Crippen molar-refractivity contribution in [3.63, 3.8) is 0 Å². The van der Waals surface area contributed by atoms with E-state index in [2.05, 4.69) is 10.6 Å². The number of hydrogen-bond donors (Lipinski definition) is 2. The maximum atomic E-state index is 12.1. The lowest BCUT2D eigenvalue weighted by Crippen LogP contribution is -2.26. The van der Waals surface area contributed by atoms with Gasteiger partial charge in [-0.05, 0) is 42.2 Å². The number of amides is 3. The zero-order chi connectivity index (χ0) is 19.4. The predicted molar refractivity (Wildman–Crippen MR) is 108 cm³/mol. The van der Waals surface area contributed by atoms with Crippen molar-refractivity contribution < 1.29 is 14.4 Å². The molecule has 1 unspecified atom stereocenters. The van der Waals surface area contributed by atoms with Crippen molar-refractivity contribution in [1.29, 1.82) is 0 Å². The highest BCUT2D eigenvalue weighted by Gasteiger charge is 2.31. The van der Waals surface area contributed by atoms with E-state index in [1.807, 2.05) is 24.3 Å². The summed E-state index contributed by atoms with van der Waals surface area (Å²) < 4.78 is 0. The van der Waals surface area contributed by atoms with Crippen LogP contribution in [0, 0.1) is 0 Å². The van der Waals surface area contributed by atoms with Gasteiger partial charge in [-0.15, -0.1) is 0 Å². The number of thioether (sulfide) groups is 1. The summed E-state index contributed by atoms with van der Waals surface area (Å²) in [6, 6.07) is 12.5. The van der Waals surface area contributed by atoms with Gasteiger partial charge in [0.1, 0.15) is 0 Å². The van der Waals surface area contributed by atoms with Crippen molar-refractivity contribution in [2.45, 2.75) is 18.1 Å². The fraction of sp³-hybridized carbons (Fsp3) is 0.211. The summed E-state index contributed by atoms with van der Waals surface area (Å²) in [4.78, 5) is 34.9. The van der Waals surface area contributed by atoms with Crippen molar-refractivity contribution in [1.82, 2.24) is 10.6 Å². The van der Waals surface area contributed by atoms with Gasteiger partial charge in [0.05, 0.1) is 15.3 Å². The Bertz CT molecular complexity index is 887. The van der Waals surface area contributed by atoms with Gasteiger partial charge in [-0.2, -0.15) is 0 Å². The second-order valence-corrected chi connectivity index (χ2v) is 8.03. The van der Waals surface area contributed by atoms with Gasteiger partial charge in [-0.1, -0.05) is 59.2 Å². The molecule has 1 saturated heterocycles. The molecule has 2 N–H and O–H groups in total. The van der Waals surface area contributed by atoms with Crippen molar-refractivity contribution >= 4 is 52.0 Å². The monoisotopic (exact) mass is 422 g/mol. The van der Waals surface area contributed by atoms with Crippen molar-refractivity contribution in [3.05, 3.63) is 69.2 Å². The summed E-state index contributed by atoms with van der Waals surface area (Å²) in [5.41, 5.74) is 2.51. The third-order valence-electron chi connectivity index (χ3n) is 4.09. The van der Waals surface area contributed by atoms with Crippen LogP contribution >= 0.6 is 35.0 Å². The first-order chi connectivity index (χ1) is 12.9. The fourth-order valence-corrected chi connectivity index (χ4v) is 3.80. The molecular weight excluding hydrogens is 407 g/mol. The van der Waals surface area contributed by atoms with E-state index < -0.39 is 0 Å². The summed E-state index contributed by atoms with van der Waals surface area (Å²) in [7, 11) is 0. The summed E-state index contributed by atoms with van der Waals surface area (Å²) in [6.45, 7) is 0.480. The molecule has 1 heterocycles. The Labute approximate surface area is 170 Å². The lowest BCUT2D eigenvalue weighted by molar-refractivity contribution is -0.118. The highest BCUT2D eigenvalue weighted by Crippen LogP contribution is 2.23. The van der Waals surface area contributed by atoms with E-state index in [1.54, 1.807) is 12.1 Å². The summed E-state index contributed by atoms with van der Waals surface area (Å²) in [5, 5.41) is 5.22. The Morgan fingerprint density at radius 2 is 1.74 bits per heavy atom. The van der Waals surface area contributed by atoms with Gasteiger partial charge in [0.15, 0.2) is 0 Å². The first-order valence-corrected chi connectivity index (χ1v) is 9.88. The minimum Gasteiger partial charge on any atom is -0.352 e. The van der Waals surface area contributed by atoms with Crippen LogP contribution in [0.5, 0.6) is 0 Å². The number of benzene rings is 2. The molecule has 8 heteroatoms. The minimum atomic E-state index is -0.367. The number of carbonyl (C=O) groups excluding carboxylic acids is 3. The molecule has 1 aliphatic heterocycles. The van der Waals surface area contributed by atoms with Crippen LogP contribution in [0.1, 0.15) is 21.5 Å². The summed E-state index contributed by atoms with van der Waals surface area (Å²) in [5.74, 6) is -0.446. The molecule has 0 radical (unpaired) electrons. The molecule has 5 nitrogen and oxygen atoms in total. The van der Waals surface area contributed by atoms with Crippen molar-refractivity contribution in [2.24, 2.45) is 0 Å². The van der Waals surface area contributed by atoms with Crippen LogP contribution in [0.25, 0.3) is 0 Å². The molecule has 2 aromatic rings. The van der Waals surface area contributed by atoms with Crippen LogP contribution in [0.15, 0.2) is 42.5 Å². The van der Waals surface area contributed by atoms with Crippen LogP contribution < -0.4 is 10.6 Å². The fourth-order valence-electron chi connectivity index (χ4n) is 2.64. The molecule has 0 spiro atoms. The third-order valence-corrected chi connectivity index (χ3v) is 5.81. The van der Waals surface area contributed by atoms with E-state index in [-0.39, 0.29) is 22.3 Å². The van der Waals surface area contributed by atoms with Crippen LogP contribution in [0.2, 0.25) is 10.0 Å². The molecule has 140 valence electrons. The van der Waals surface area contributed by atoms with E-state index in [1.165, 1.54) is 6.07 Å². The predicted octanol–water partition coefficient (Wildman–Crippen LogP) is 3.86. The van der Waals surface area contributed by atoms with Gasteiger partial charge in [0.25, 0.3) is 11.1 Å². The Hall–Kier alpha value is -2.02. The van der Waals surface area contributed by atoms with Crippen LogP contribution in [-0.4, -0.2) is 28.8 Å². The van der Waals surface area contributed by atoms with Gasteiger partial charge < -0.3 is 5.32 Å². The standard InChI is InChI=1S/C19H16Cl2N2O3S/c20-14-6-5-13(10-15(14)21)17(24)22-8-7-11-1-3-12(4-2-11)9-16-18(25)23-19(26)27-16/h1-6,10,16H,7-9H2,(H,22,24)(H,23,25,26). The lowest BCUT2D eigenvalue weighted by atomic mass is 10.1. The number of halogens is 2. The highest BCUT2D eigenvalue weighted by molar-refractivity contribution is 8.15. The molecule has 3 amide bonds. The van der Waals surface area contributed by atoms with E-state index in [0.717, 1.165) is 22.9 Å².